The normalized spacial score (nSPS) is 14.2. The van der Waals surface area contributed by atoms with Crippen LogP contribution in [0.5, 0.6) is 0 Å². The highest BCUT2D eigenvalue weighted by atomic mass is 16.1. The van der Waals surface area contributed by atoms with Crippen molar-refractivity contribution in [2.24, 2.45) is 0 Å². The number of aromatic nitrogens is 2. The molecule has 4 rings (SSSR count). The Hall–Kier alpha value is -3.21. The van der Waals surface area contributed by atoms with Crippen LogP contribution in [0.1, 0.15) is 40.1 Å². The number of aryl methyl sites for hydroxylation is 1. The molecule has 2 aromatic carbocycles. The highest BCUT2D eigenvalue weighted by Gasteiger charge is 2.24. The van der Waals surface area contributed by atoms with Crippen LogP contribution in [0.2, 0.25) is 0 Å². The van der Waals surface area contributed by atoms with E-state index in [4.69, 9.17) is 4.98 Å². The van der Waals surface area contributed by atoms with E-state index in [1.165, 1.54) is 11.1 Å². The van der Waals surface area contributed by atoms with E-state index in [1.807, 2.05) is 30.3 Å². The van der Waals surface area contributed by atoms with Crippen LogP contribution < -0.4 is 10.6 Å². The maximum Gasteiger partial charge on any atom is 0.270 e. The van der Waals surface area contributed by atoms with Gasteiger partial charge in [-0.25, -0.2) is 9.97 Å². The lowest BCUT2D eigenvalue weighted by molar-refractivity contribution is 0.0940. The Kier molecular flexibility index (Phi) is 4.59. The minimum absolute atomic E-state index is 0.0678. The molecule has 3 aromatic rings. The molecule has 5 heteroatoms. The van der Waals surface area contributed by atoms with Gasteiger partial charge in [0.25, 0.3) is 5.91 Å². The summed E-state index contributed by atoms with van der Waals surface area (Å²) < 4.78 is 0. The van der Waals surface area contributed by atoms with Crippen molar-refractivity contribution in [3.8, 4) is 11.4 Å². The fraction of sp³-hybridized carbons (Fsp3) is 0.227. The summed E-state index contributed by atoms with van der Waals surface area (Å²) in [5, 5.41) is 6.38. The fourth-order valence-electron chi connectivity index (χ4n) is 3.27. The molecule has 1 amide bonds. The molecule has 1 aliphatic heterocycles. The minimum Gasteiger partial charge on any atom is -0.363 e. The van der Waals surface area contributed by atoms with Crippen molar-refractivity contribution in [3.63, 3.8) is 0 Å². The van der Waals surface area contributed by atoms with Gasteiger partial charge in [-0.15, -0.1) is 0 Å². The number of nitrogens with one attached hydrogen (secondary N) is 2. The Labute approximate surface area is 158 Å². The van der Waals surface area contributed by atoms with Crippen molar-refractivity contribution in [3.05, 3.63) is 77.0 Å². The molecular formula is C22H22N4O. The summed E-state index contributed by atoms with van der Waals surface area (Å²) in [6, 6.07) is 18.3. The summed E-state index contributed by atoms with van der Waals surface area (Å²) in [5.74, 6) is 1.16. The smallest absolute Gasteiger partial charge is 0.270 e. The molecule has 27 heavy (non-hydrogen) atoms. The molecule has 0 radical (unpaired) electrons. The Balaban J connectivity index is 1.75. The third-order valence-electron chi connectivity index (χ3n) is 4.85. The van der Waals surface area contributed by atoms with Gasteiger partial charge in [-0.05, 0) is 25.8 Å². The van der Waals surface area contributed by atoms with E-state index in [-0.39, 0.29) is 11.9 Å². The molecule has 1 atom stereocenters. The van der Waals surface area contributed by atoms with Gasteiger partial charge in [0.05, 0.1) is 0 Å². The maximum absolute atomic E-state index is 12.4. The molecule has 0 aliphatic carbocycles. The number of nitrogens with zero attached hydrogens (tertiary/aromatic N) is 2. The second-order valence-electron chi connectivity index (χ2n) is 6.87. The second kappa shape index (κ2) is 7.19. The molecule has 0 fully saturated rings. The van der Waals surface area contributed by atoms with Crippen molar-refractivity contribution in [2.75, 3.05) is 11.9 Å². The van der Waals surface area contributed by atoms with Gasteiger partial charge in [0.2, 0.25) is 0 Å². The van der Waals surface area contributed by atoms with Crippen LogP contribution in [0, 0.1) is 6.92 Å². The van der Waals surface area contributed by atoms with Crippen molar-refractivity contribution in [2.45, 2.75) is 26.3 Å². The Morgan fingerprint density at radius 1 is 1.04 bits per heavy atom. The van der Waals surface area contributed by atoms with Crippen molar-refractivity contribution in [1.82, 2.24) is 15.3 Å². The van der Waals surface area contributed by atoms with E-state index in [1.54, 1.807) is 0 Å². The lowest BCUT2D eigenvalue weighted by Gasteiger charge is -2.23. The Bertz CT molecular complexity index is 968. The molecule has 1 aromatic heterocycles. The summed E-state index contributed by atoms with van der Waals surface area (Å²) in [6.07, 6.45) is 0.721. The molecule has 5 nitrogen and oxygen atoms in total. The van der Waals surface area contributed by atoms with E-state index in [2.05, 4.69) is 53.7 Å². The van der Waals surface area contributed by atoms with Crippen LogP contribution in [-0.2, 0) is 6.42 Å². The monoisotopic (exact) mass is 358 g/mol. The van der Waals surface area contributed by atoms with Gasteiger partial charge in [0, 0.05) is 23.7 Å². The predicted molar refractivity (Wildman–Crippen MR) is 107 cm³/mol. The molecular weight excluding hydrogens is 336 g/mol. The summed E-state index contributed by atoms with van der Waals surface area (Å²) in [5.41, 5.74) is 4.65. The SMILES string of the molecule is Cc1ccc([C@@H](C)Nc2nc(-c3ccccc3)nc3c2CCNC3=O)cc1. The van der Waals surface area contributed by atoms with Crippen LogP contribution in [0.4, 0.5) is 5.82 Å². The van der Waals surface area contributed by atoms with Gasteiger partial charge in [-0.2, -0.15) is 0 Å². The van der Waals surface area contributed by atoms with Crippen molar-refractivity contribution >= 4 is 11.7 Å². The van der Waals surface area contributed by atoms with Gasteiger partial charge in [-0.3, -0.25) is 4.79 Å². The van der Waals surface area contributed by atoms with Crippen LogP contribution in [-0.4, -0.2) is 22.4 Å². The van der Waals surface area contributed by atoms with Gasteiger partial charge >= 0.3 is 0 Å². The summed E-state index contributed by atoms with van der Waals surface area (Å²) in [6.45, 7) is 4.78. The quantitative estimate of drug-likeness (QED) is 0.742. The second-order valence-corrected chi connectivity index (χ2v) is 6.87. The summed E-state index contributed by atoms with van der Waals surface area (Å²) >= 11 is 0. The summed E-state index contributed by atoms with van der Waals surface area (Å²) in [7, 11) is 0. The Morgan fingerprint density at radius 3 is 2.52 bits per heavy atom. The Morgan fingerprint density at radius 2 is 1.78 bits per heavy atom. The van der Waals surface area contributed by atoms with E-state index < -0.39 is 0 Å². The van der Waals surface area contributed by atoms with Crippen LogP contribution in [0.15, 0.2) is 54.6 Å². The van der Waals surface area contributed by atoms with Crippen LogP contribution in [0.25, 0.3) is 11.4 Å². The molecule has 0 saturated carbocycles. The van der Waals surface area contributed by atoms with E-state index in [0.29, 0.717) is 18.1 Å². The van der Waals surface area contributed by atoms with Crippen LogP contribution in [0.3, 0.4) is 0 Å². The number of carbonyl (C=O) groups excluding carboxylic acids is 1. The van der Waals surface area contributed by atoms with E-state index in [9.17, 15) is 4.79 Å². The van der Waals surface area contributed by atoms with Crippen LogP contribution >= 0.6 is 0 Å². The van der Waals surface area contributed by atoms with Gasteiger partial charge in [0.1, 0.15) is 11.5 Å². The minimum atomic E-state index is -0.137. The van der Waals surface area contributed by atoms with Crippen molar-refractivity contribution < 1.29 is 4.79 Å². The molecule has 0 saturated heterocycles. The number of rotatable bonds is 4. The molecule has 2 N–H and O–H groups in total. The lowest BCUT2D eigenvalue weighted by atomic mass is 10.0. The largest absolute Gasteiger partial charge is 0.363 e. The summed E-state index contributed by atoms with van der Waals surface area (Å²) in [4.78, 5) is 21.7. The first-order chi connectivity index (χ1) is 13.1. The third kappa shape index (κ3) is 3.53. The highest BCUT2D eigenvalue weighted by molar-refractivity contribution is 5.96. The molecule has 2 heterocycles. The fourth-order valence-corrected chi connectivity index (χ4v) is 3.27. The molecule has 0 spiro atoms. The number of amides is 1. The lowest BCUT2D eigenvalue weighted by Crippen LogP contribution is -2.34. The number of hydrogen-bond donors (Lipinski definition) is 2. The topological polar surface area (TPSA) is 66.9 Å². The highest BCUT2D eigenvalue weighted by Crippen LogP contribution is 2.28. The number of anilines is 1. The third-order valence-corrected chi connectivity index (χ3v) is 4.85. The molecule has 136 valence electrons. The van der Waals surface area contributed by atoms with E-state index in [0.717, 1.165) is 23.4 Å². The average Bonchev–Trinajstić information content (AvgIpc) is 2.69. The maximum atomic E-state index is 12.4. The first-order valence-electron chi connectivity index (χ1n) is 9.19. The van der Waals surface area contributed by atoms with Gasteiger partial charge in [-0.1, -0.05) is 60.2 Å². The molecule has 1 aliphatic rings. The predicted octanol–water partition coefficient (Wildman–Crippen LogP) is 3.91. The number of carbonyl (C=O) groups is 1. The average molecular weight is 358 g/mol. The first-order valence-corrected chi connectivity index (χ1v) is 9.19. The first kappa shape index (κ1) is 17.2. The number of fused-ring (bicyclic) bond motifs is 1. The van der Waals surface area contributed by atoms with Gasteiger partial charge < -0.3 is 10.6 Å². The standard InChI is InChI=1S/C22H22N4O/c1-14-8-10-16(11-9-14)15(2)24-21-18-12-13-23-22(27)19(18)25-20(26-21)17-6-4-3-5-7-17/h3-11,15H,12-13H2,1-2H3,(H,23,27)(H,24,25,26)/t15-/m1/s1. The number of benzene rings is 2. The van der Waals surface area contributed by atoms with E-state index >= 15 is 0 Å². The molecule has 0 bridgehead atoms. The van der Waals surface area contributed by atoms with Gasteiger partial charge in [0.15, 0.2) is 5.82 Å². The molecule has 0 unspecified atom stereocenters. The zero-order valence-electron chi connectivity index (χ0n) is 15.5. The zero-order valence-corrected chi connectivity index (χ0v) is 15.5. The number of hydrogen-bond acceptors (Lipinski definition) is 4. The van der Waals surface area contributed by atoms with Crippen molar-refractivity contribution in [1.29, 1.82) is 0 Å². The zero-order chi connectivity index (χ0) is 18.8.